The van der Waals surface area contributed by atoms with Gasteiger partial charge < -0.3 is 16.2 Å². The summed E-state index contributed by atoms with van der Waals surface area (Å²) < 4.78 is 0. The lowest BCUT2D eigenvalue weighted by Crippen LogP contribution is -2.16. The predicted molar refractivity (Wildman–Crippen MR) is 56.0 cm³/mol. The lowest BCUT2D eigenvalue weighted by Gasteiger charge is -2.08. The third-order valence-electron chi connectivity index (χ3n) is 1.69. The van der Waals surface area contributed by atoms with E-state index in [1.807, 2.05) is 6.92 Å². The highest BCUT2D eigenvalue weighted by Crippen LogP contribution is 2.08. The fourth-order valence-electron chi connectivity index (χ4n) is 1.02. The molecule has 0 spiro atoms. The van der Waals surface area contributed by atoms with Crippen molar-refractivity contribution in [3.8, 4) is 0 Å². The molecule has 0 radical (unpaired) electrons. The molecule has 0 aliphatic heterocycles. The van der Waals surface area contributed by atoms with Crippen molar-refractivity contribution in [2.24, 2.45) is 0 Å². The summed E-state index contributed by atoms with van der Waals surface area (Å²) >= 11 is 0. The molecular formula is C9H16N4O. The van der Waals surface area contributed by atoms with Crippen molar-refractivity contribution in [3.05, 3.63) is 11.9 Å². The maximum atomic E-state index is 9.07. The van der Waals surface area contributed by atoms with Crippen LogP contribution in [0, 0.1) is 0 Å². The van der Waals surface area contributed by atoms with Crippen molar-refractivity contribution in [2.45, 2.75) is 26.4 Å². The number of aryl methyl sites for hydroxylation is 1. The van der Waals surface area contributed by atoms with Crippen LogP contribution in [0.25, 0.3) is 0 Å². The van der Waals surface area contributed by atoms with Crippen molar-refractivity contribution in [1.29, 1.82) is 0 Å². The number of hydrogen-bond acceptors (Lipinski definition) is 5. The van der Waals surface area contributed by atoms with E-state index in [0.29, 0.717) is 24.0 Å². The van der Waals surface area contributed by atoms with E-state index in [-0.39, 0.29) is 0 Å². The Hall–Kier alpha value is -1.36. The number of nitrogens with two attached hydrogens (primary N) is 1. The van der Waals surface area contributed by atoms with E-state index < -0.39 is 6.10 Å². The van der Waals surface area contributed by atoms with Crippen molar-refractivity contribution in [1.82, 2.24) is 9.97 Å². The Balaban J connectivity index is 2.71. The number of nitrogen functional groups attached to an aromatic ring is 1. The number of anilines is 2. The molecule has 0 aliphatic rings. The number of hydrogen-bond donors (Lipinski definition) is 3. The summed E-state index contributed by atoms with van der Waals surface area (Å²) in [7, 11) is 0. The SMILES string of the molecule is CCc1nc(N)cc(NCC(C)O)n1. The first-order chi connectivity index (χ1) is 6.61. The summed E-state index contributed by atoms with van der Waals surface area (Å²) in [6.07, 6.45) is 0.338. The zero-order chi connectivity index (χ0) is 10.6. The fraction of sp³-hybridized carbons (Fsp3) is 0.556. The Morgan fingerprint density at radius 3 is 2.86 bits per heavy atom. The van der Waals surface area contributed by atoms with Crippen LogP contribution in [-0.2, 0) is 6.42 Å². The molecule has 0 fully saturated rings. The second-order valence-corrected chi connectivity index (χ2v) is 3.18. The van der Waals surface area contributed by atoms with Crippen molar-refractivity contribution in [2.75, 3.05) is 17.6 Å². The minimum absolute atomic E-state index is 0.406. The number of aliphatic hydroxyl groups excluding tert-OH is 1. The van der Waals surface area contributed by atoms with E-state index in [4.69, 9.17) is 10.8 Å². The molecule has 1 atom stereocenters. The average molecular weight is 196 g/mol. The summed E-state index contributed by atoms with van der Waals surface area (Å²) in [5.74, 6) is 1.82. The van der Waals surface area contributed by atoms with E-state index in [9.17, 15) is 0 Å². The molecular weight excluding hydrogens is 180 g/mol. The monoisotopic (exact) mass is 196 g/mol. The van der Waals surface area contributed by atoms with Crippen molar-refractivity contribution < 1.29 is 5.11 Å². The van der Waals surface area contributed by atoms with Gasteiger partial charge in [0.25, 0.3) is 0 Å². The Morgan fingerprint density at radius 2 is 2.29 bits per heavy atom. The molecule has 5 nitrogen and oxygen atoms in total. The van der Waals surface area contributed by atoms with Gasteiger partial charge in [0.2, 0.25) is 0 Å². The highest BCUT2D eigenvalue weighted by molar-refractivity contribution is 5.44. The van der Waals surface area contributed by atoms with Crippen LogP contribution in [0.4, 0.5) is 11.6 Å². The van der Waals surface area contributed by atoms with E-state index in [1.165, 1.54) is 0 Å². The standard InChI is InChI=1S/C9H16N4O/c1-3-8-12-7(10)4-9(13-8)11-5-6(2)14/h4,6,14H,3,5H2,1-2H3,(H3,10,11,12,13). The second-order valence-electron chi connectivity index (χ2n) is 3.18. The first-order valence-electron chi connectivity index (χ1n) is 4.67. The minimum Gasteiger partial charge on any atom is -0.392 e. The van der Waals surface area contributed by atoms with E-state index in [1.54, 1.807) is 13.0 Å². The second kappa shape index (κ2) is 4.76. The molecule has 1 unspecified atom stereocenters. The van der Waals surface area contributed by atoms with Gasteiger partial charge >= 0.3 is 0 Å². The first-order valence-corrected chi connectivity index (χ1v) is 4.67. The van der Waals surface area contributed by atoms with Gasteiger partial charge in [-0.15, -0.1) is 0 Å². The molecule has 0 amide bonds. The van der Waals surface area contributed by atoms with Gasteiger partial charge in [0.05, 0.1) is 6.10 Å². The van der Waals surface area contributed by atoms with Gasteiger partial charge in [0.15, 0.2) is 0 Å². The first kappa shape index (κ1) is 10.7. The maximum absolute atomic E-state index is 9.07. The summed E-state index contributed by atoms with van der Waals surface area (Å²) in [6.45, 7) is 4.13. The smallest absolute Gasteiger partial charge is 0.132 e. The van der Waals surface area contributed by atoms with Gasteiger partial charge in [0, 0.05) is 19.0 Å². The van der Waals surface area contributed by atoms with Crippen molar-refractivity contribution in [3.63, 3.8) is 0 Å². The topological polar surface area (TPSA) is 84.1 Å². The van der Waals surface area contributed by atoms with Gasteiger partial charge in [-0.25, -0.2) is 9.97 Å². The van der Waals surface area contributed by atoms with E-state index in [2.05, 4.69) is 15.3 Å². The van der Waals surface area contributed by atoms with Crippen LogP contribution in [0.15, 0.2) is 6.07 Å². The lowest BCUT2D eigenvalue weighted by atomic mass is 10.4. The molecule has 1 heterocycles. The Labute approximate surface area is 83.4 Å². The van der Waals surface area contributed by atoms with Crippen LogP contribution in [0.3, 0.4) is 0 Å². The molecule has 5 heteroatoms. The summed E-state index contributed by atoms with van der Waals surface area (Å²) in [5, 5.41) is 12.1. The number of nitrogens with one attached hydrogen (secondary N) is 1. The van der Waals surface area contributed by atoms with Crippen LogP contribution in [0.1, 0.15) is 19.7 Å². The lowest BCUT2D eigenvalue weighted by molar-refractivity contribution is 0.208. The van der Waals surface area contributed by atoms with Gasteiger partial charge in [-0.3, -0.25) is 0 Å². The van der Waals surface area contributed by atoms with Crippen LogP contribution < -0.4 is 11.1 Å². The molecule has 0 saturated heterocycles. The van der Waals surface area contributed by atoms with Gasteiger partial charge in [0.1, 0.15) is 17.5 Å². The largest absolute Gasteiger partial charge is 0.392 e. The number of nitrogens with zero attached hydrogens (tertiary/aromatic N) is 2. The third-order valence-corrected chi connectivity index (χ3v) is 1.69. The van der Waals surface area contributed by atoms with E-state index in [0.717, 1.165) is 6.42 Å². The molecule has 78 valence electrons. The summed E-state index contributed by atoms with van der Waals surface area (Å²) in [6, 6.07) is 1.65. The molecule has 1 rings (SSSR count). The number of aromatic nitrogens is 2. The third kappa shape index (κ3) is 3.18. The highest BCUT2D eigenvalue weighted by Gasteiger charge is 2.01. The van der Waals surface area contributed by atoms with Gasteiger partial charge in [-0.2, -0.15) is 0 Å². The molecule has 4 N–H and O–H groups in total. The van der Waals surface area contributed by atoms with E-state index >= 15 is 0 Å². The fourth-order valence-corrected chi connectivity index (χ4v) is 1.02. The number of aliphatic hydroxyl groups is 1. The molecule has 1 aromatic rings. The van der Waals surface area contributed by atoms with Gasteiger partial charge in [-0.1, -0.05) is 6.92 Å². The predicted octanol–water partition coefficient (Wildman–Crippen LogP) is 0.414. The Kier molecular flexibility index (Phi) is 3.64. The zero-order valence-corrected chi connectivity index (χ0v) is 8.49. The number of rotatable bonds is 4. The van der Waals surface area contributed by atoms with Crippen molar-refractivity contribution >= 4 is 11.6 Å². The Bertz CT molecular complexity index is 301. The minimum atomic E-state index is -0.406. The molecule has 0 aliphatic carbocycles. The van der Waals surface area contributed by atoms with Crippen LogP contribution in [-0.4, -0.2) is 27.7 Å². The molecule has 0 saturated carbocycles. The quantitative estimate of drug-likeness (QED) is 0.649. The summed E-state index contributed by atoms with van der Waals surface area (Å²) in [5.41, 5.74) is 5.59. The highest BCUT2D eigenvalue weighted by atomic mass is 16.3. The normalized spacial score (nSPS) is 12.5. The van der Waals surface area contributed by atoms with Crippen LogP contribution >= 0.6 is 0 Å². The maximum Gasteiger partial charge on any atom is 0.132 e. The molecule has 1 aromatic heterocycles. The van der Waals surface area contributed by atoms with Crippen LogP contribution in [0.5, 0.6) is 0 Å². The Morgan fingerprint density at radius 1 is 1.57 bits per heavy atom. The summed E-state index contributed by atoms with van der Waals surface area (Å²) in [4.78, 5) is 8.25. The molecule has 0 aromatic carbocycles. The molecule has 0 bridgehead atoms. The van der Waals surface area contributed by atoms with Gasteiger partial charge in [-0.05, 0) is 6.92 Å². The average Bonchev–Trinajstić information content (AvgIpc) is 2.14. The van der Waals surface area contributed by atoms with Crippen LogP contribution in [0.2, 0.25) is 0 Å². The zero-order valence-electron chi connectivity index (χ0n) is 8.49. The molecule has 14 heavy (non-hydrogen) atoms.